The molecule has 7 rings (SSSR count). The standard InChI is InChI=1S/C48H71BN6O8/c1-7-8-14-32-17-19-33(20-18-32)34-21-23-35(24-22-34)43(57)54-38(16-11-12-25-50)45(59)55-39-29-61-26-13-9-10-15-37(53-42(56)30(2)51-46(39)60)44(58)52-31(3)49-62-41-28-36-27-40(47(36,4)5)48(41,6)63-49/h17-24,30-31,36-41H,7-16,25-29,50H2,1-6H3,(H,51,60)(H,52,58)(H,53,56)(H,54,57)(H,55,59)/t30-,31-,36-,37-,38-,39-,40-,41?,48-/m0/s1. The van der Waals surface area contributed by atoms with E-state index in [1.54, 1.807) is 12.1 Å². The van der Waals surface area contributed by atoms with Gasteiger partial charge in [0, 0.05) is 12.2 Å². The number of aryl methyl sites for hydroxylation is 1. The molecular weight excluding hydrogens is 799 g/mol. The first-order chi connectivity index (χ1) is 30.1. The average Bonchev–Trinajstić information content (AvgIpc) is 3.64. The molecule has 2 aromatic rings. The Morgan fingerprint density at radius 3 is 2.30 bits per heavy atom. The first kappa shape index (κ1) is 48.2. The predicted octanol–water partition coefficient (Wildman–Crippen LogP) is 4.76. The molecule has 5 amide bonds. The van der Waals surface area contributed by atoms with E-state index in [1.807, 2.05) is 19.1 Å². The SMILES string of the molecule is CCCCc1ccc(-c2ccc(C(=O)N[C@@H](CCCCN)C(=O)N[C@H]3COCCCCC[C@@H](C(=O)N[C@@H](C)B4OC5C[C@@H]6C[C@@H](C6(C)C)[C@]5(C)O4)NC(=O)[C@H](C)NC3=O)cc2)cc1. The highest BCUT2D eigenvalue weighted by Crippen LogP contribution is 2.65. The molecule has 3 saturated carbocycles. The van der Waals surface area contributed by atoms with Crippen LogP contribution >= 0.6 is 0 Å². The van der Waals surface area contributed by atoms with Crippen LogP contribution in [0.1, 0.15) is 128 Å². The summed E-state index contributed by atoms with van der Waals surface area (Å²) >= 11 is 0. The van der Waals surface area contributed by atoms with Crippen LogP contribution in [-0.4, -0.2) is 98.2 Å². The number of hydrogen-bond donors (Lipinski definition) is 6. The zero-order valence-corrected chi connectivity index (χ0v) is 38.3. The van der Waals surface area contributed by atoms with Crippen LogP contribution in [0.4, 0.5) is 0 Å². The molecule has 0 aromatic heterocycles. The fraction of sp³-hybridized carbons (Fsp3) is 0.646. The molecule has 9 atom stereocenters. The number of benzene rings is 2. The van der Waals surface area contributed by atoms with Crippen molar-refractivity contribution in [2.75, 3.05) is 19.8 Å². The molecule has 2 heterocycles. The third-order valence-corrected chi connectivity index (χ3v) is 14.2. The van der Waals surface area contributed by atoms with E-state index in [0.29, 0.717) is 75.5 Å². The molecule has 15 heteroatoms. The van der Waals surface area contributed by atoms with Gasteiger partial charge in [-0.15, -0.1) is 0 Å². The molecular formula is C48H71BN6O8. The van der Waals surface area contributed by atoms with Crippen LogP contribution in [-0.2, 0) is 39.6 Å². The predicted molar refractivity (Wildman–Crippen MR) is 243 cm³/mol. The number of ether oxygens (including phenoxy) is 1. The summed E-state index contributed by atoms with van der Waals surface area (Å²) in [5.41, 5.74) is 9.23. The van der Waals surface area contributed by atoms with Crippen molar-refractivity contribution in [3.05, 3.63) is 59.7 Å². The van der Waals surface area contributed by atoms with Gasteiger partial charge in [-0.3, -0.25) is 24.0 Å². The number of nitrogens with two attached hydrogens (primary N) is 1. The summed E-state index contributed by atoms with van der Waals surface area (Å²) < 4.78 is 18.9. The summed E-state index contributed by atoms with van der Waals surface area (Å²) in [6.45, 7) is 12.9. The highest BCUT2D eigenvalue weighted by atomic mass is 16.7. The molecule has 0 radical (unpaired) electrons. The van der Waals surface area contributed by atoms with E-state index in [4.69, 9.17) is 19.8 Å². The minimum absolute atomic E-state index is 0.0266. The summed E-state index contributed by atoms with van der Waals surface area (Å²) in [6.07, 6.45) is 9.25. The summed E-state index contributed by atoms with van der Waals surface area (Å²) in [5.74, 6) is -2.00. The van der Waals surface area contributed by atoms with E-state index < -0.39 is 66.5 Å². The molecule has 5 aliphatic rings. The molecule has 5 fully saturated rings. The molecule has 0 spiro atoms. The molecule has 14 nitrogen and oxygen atoms in total. The fourth-order valence-electron chi connectivity index (χ4n) is 9.90. The van der Waals surface area contributed by atoms with Gasteiger partial charge in [0.1, 0.15) is 24.2 Å². The lowest BCUT2D eigenvalue weighted by Gasteiger charge is -2.64. The number of rotatable bonds is 15. The topological polar surface area (TPSA) is 199 Å². The number of nitrogens with one attached hydrogen (secondary N) is 5. The number of amides is 5. The third kappa shape index (κ3) is 11.7. The van der Waals surface area contributed by atoms with Gasteiger partial charge >= 0.3 is 7.12 Å². The van der Waals surface area contributed by atoms with Crippen LogP contribution in [0.3, 0.4) is 0 Å². The van der Waals surface area contributed by atoms with E-state index in [-0.39, 0.29) is 24.0 Å². The molecule has 63 heavy (non-hydrogen) atoms. The summed E-state index contributed by atoms with van der Waals surface area (Å²) in [5, 5.41) is 14.2. The smallest absolute Gasteiger partial charge is 0.404 e. The van der Waals surface area contributed by atoms with Gasteiger partial charge in [0.2, 0.25) is 23.6 Å². The Labute approximate surface area is 374 Å². The van der Waals surface area contributed by atoms with Crippen molar-refractivity contribution in [2.45, 2.75) is 160 Å². The maximum absolute atomic E-state index is 13.9. The molecule has 2 bridgehead atoms. The molecule has 7 N–H and O–H groups in total. The summed E-state index contributed by atoms with van der Waals surface area (Å²) in [6, 6.07) is 11.6. The van der Waals surface area contributed by atoms with E-state index >= 15 is 0 Å². The van der Waals surface area contributed by atoms with Crippen molar-refractivity contribution in [2.24, 2.45) is 23.0 Å². The minimum atomic E-state index is -1.16. The zero-order valence-electron chi connectivity index (χ0n) is 38.3. The van der Waals surface area contributed by atoms with Gasteiger partial charge in [-0.05, 0) is 131 Å². The highest BCUT2D eigenvalue weighted by Gasteiger charge is 2.68. The van der Waals surface area contributed by atoms with Crippen molar-refractivity contribution in [1.29, 1.82) is 0 Å². The van der Waals surface area contributed by atoms with Crippen LogP contribution < -0.4 is 32.3 Å². The molecule has 1 unspecified atom stereocenters. The molecule has 344 valence electrons. The van der Waals surface area contributed by atoms with Crippen LogP contribution in [0.5, 0.6) is 0 Å². The van der Waals surface area contributed by atoms with Crippen LogP contribution in [0.25, 0.3) is 11.1 Å². The van der Waals surface area contributed by atoms with E-state index in [0.717, 1.165) is 43.2 Å². The fourth-order valence-corrected chi connectivity index (χ4v) is 9.90. The van der Waals surface area contributed by atoms with Gasteiger partial charge in [-0.1, -0.05) is 76.4 Å². The van der Waals surface area contributed by atoms with E-state index in [2.05, 4.69) is 78.5 Å². The second-order valence-corrected chi connectivity index (χ2v) is 19.1. The van der Waals surface area contributed by atoms with Crippen molar-refractivity contribution in [1.82, 2.24) is 26.6 Å². The Morgan fingerprint density at radius 2 is 1.62 bits per heavy atom. The van der Waals surface area contributed by atoms with Crippen molar-refractivity contribution in [3.8, 4) is 11.1 Å². The second kappa shape index (κ2) is 21.6. The zero-order chi connectivity index (χ0) is 45.3. The Bertz CT molecular complexity index is 1900. The second-order valence-electron chi connectivity index (χ2n) is 19.1. The van der Waals surface area contributed by atoms with Gasteiger partial charge in [0.05, 0.1) is 24.3 Å². The molecule has 2 saturated heterocycles. The maximum atomic E-state index is 13.9. The Morgan fingerprint density at radius 1 is 0.905 bits per heavy atom. The normalized spacial score (nSPS) is 28.2. The number of carbonyl (C=O) groups excluding carboxylic acids is 5. The Balaban J connectivity index is 1.05. The lowest BCUT2D eigenvalue weighted by Crippen LogP contribution is -2.65. The molecule has 2 aromatic carbocycles. The van der Waals surface area contributed by atoms with Crippen molar-refractivity contribution in [3.63, 3.8) is 0 Å². The number of hydrogen-bond acceptors (Lipinski definition) is 9. The van der Waals surface area contributed by atoms with Gasteiger partial charge < -0.3 is 46.4 Å². The van der Waals surface area contributed by atoms with Crippen LogP contribution in [0, 0.1) is 17.3 Å². The monoisotopic (exact) mass is 871 g/mol. The van der Waals surface area contributed by atoms with Gasteiger partial charge in [-0.2, -0.15) is 0 Å². The van der Waals surface area contributed by atoms with Gasteiger partial charge in [0.15, 0.2) is 0 Å². The van der Waals surface area contributed by atoms with Crippen molar-refractivity contribution < 1.29 is 38.0 Å². The Kier molecular flexibility index (Phi) is 16.5. The average molecular weight is 871 g/mol. The van der Waals surface area contributed by atoms with E-state index in [1.165, 1.54) is 12.5 Å². The van der Waals surface area contributed by atoms with Gasteiger partial charge in [-0.25, -0.2) is 0 Å². The third-order valence-electron chi connectivity index (χ3n) is 14.2. The maximum Gasteiger partial charge on any atom is 0.481 e. The number of unbranched alkanes of at least 4 members (excludes halogenated alkanes) is 2. The molecule has 3 aliphatic carbocycles. The lowest BCUT2D eigenvalue weighted by atomic mass is 9.43. The van der Waals surface area contributed by atoms with Gasteiger partial charge in [0.25, 0.3) is 5.91 Å². The number of carbonyl (C=O) groups is 5. The van der Waals surface area contributed by atoms with Crippen LogP contribution in [0.15, 0.2) is 48.5 Å². The highest BCUT2D eigenvalue weighted by molar-refractivity contribution is 6.47. The first-order valence-corrected chi connectivity index (χ1v) is 23.5. The largest absolute Gasteiger partial charge is 0.481 e. The summed E-state index contributed by atoms with van der Waals surface area (Å²) in [7, 11) is -0.611. The lowest BCUT2D eigenvalue weighted by molar-refractivity contribution is -0.199. The quantitative estimate of drug-likeness (QED) is 0.108. The van der Waals surface area contributed by atoms with Crippen LogP contribution in [0.2, 0.25) is 0 Å². The van der Waals surface area contributed by atoms with Crippen molar-refractivity contribution >= 4 is 36.7 Å². The summed E-state index contributed by atoms with van der Waals surface area (Å²) in [4.78, 5) is 68.5. The van der Waals surface area contributed by atoms with E-state index in [9.17, 15) is 24.0 Å². The Hall–Kier alpha value is -4.31. The molecule has 2 aliphatic heterocycles. The minimum Gasteiger partial charge on any atom is -0.404 e. The first-order valence-electron chi connectivity index (χ1n) is 23.5.